The van der Waals surface area contributed by atoms with Gasteiger partial charge in [-0.15, -0.1) is 0 Å². The third kappa shape index (κ3) is 3.95. The molecule has 1 heterocycles. The number of hydrogen-bond acceptors (Lipinski definition) is 3. The van der Waals surface area contributed by atoms with Gasteiger partial charge in [0.2, 0.25) is 0 Å². The third-order valence-electron chi connectivity index (χ3n) is 4.10. The zero-order valence-corrected chi connectivity index (χ0v) is 12.5. The second-order valence-corrected chi connectivity index (χ2v) is 5.71. The second kappa shape index (κ2) is 7.27. The molecule has 0 aliphatic heterocycles. The first-order valence-corrected chi connectivity index (χ1v) is 7.69. The smallest absolute Gasteiger partial charge is 0.269 e. The molecule has 1 saturated carbocycles. The fraction of sp³-hybridized carbons (Fsp3) is 0.625. The summed E-state index contributed by atoms with van der Waals surface area (Å²) in [5.74, 6) is 2.05. The van der Waals surface area contributed by atoms with Crippen molar-refractivity contribution in [1.29, 1.82) is 0 Å². The van der Waals surface area contributed by atoms with Crippen LogP contribution in [0.3, 0.4) is 0 Å². The SMILES string of the molecule is CCCNc1cccc(C(=O)NCC2CCCC2C)n1. The maximum absolute atomic E-state index is 12.1. The van der Waals surface area contributed by atoms with Crippen molar-refractivity contribution in [2.75, 3.05) is 18.4 Å². The minimum Gasteiger partial charge on any atom is -0.370 e. The van der Waals surface area contributed by atoms with Gasteiger partial charge in [-0.3, -0.25) is 4.79 Å². The van der Waals surface area contributed by atoms with Gasteiger partial charge in [0, 0.05) is 13.1 Å². The lowest BCUT2D eigenvalue weighted by Gasteiger charge is -2.15. The van der Waals surface area contributed by atoms with E-state index in [1.165, 1.54) is 19.3 Å². The highest BCUT2D eigenvalue weighted by Gasteiger charge is 2.23. The van der Waals surface area contributed by atoms with Gasteiger partial charge >= 0.3 is 0 Å². The van der Waals surface area contributed by atoms with Crippen LogP contribution in [0, 0.1) is 11.8 Å². The predicted molar refractivity (Wildman–Crippen MR) is 81.9 cm³/mol. The van der Waals surface area contributed by atoms with Crippen LogP contribution in [-0.2, 0) is 0 Å². The molecule has 0 radical (unpaired) electrons. The Morgan fingerprint density at radius 1 is 1.40 bits per heavy atom. The van der Waals surface area contributed by atoms with E-state index < -0.39 is 0 Å². The van der Waals surface area contributed by atoms with Gasteiger partial charge in [-0.25, -0.2) is 4.98 Å². The van der Waals surface area contributed by atoms with Crippen LogP contribution in [-0.4, -0.2) is 24.0 Å². The van der Waals surface area contributed by atoms with Crippen molar-refractivity contribution >= 4 is 11.7 Å². The Balaban J connectivity index is 1.88. The summed E-state index contributed by atoms with van der Waals surface area (Å²) in [7, 11) is 0. The topological polar surface area (TPSA) is 54.0 Å². The van der Waals surface area contributed by atoms with Gasteiger partial charge in [-0.1, -0.05) is 32.8 Å². The first-order chi connectivity index (χ1) is 9.70. The molecule has 1 aromatic rings. The van der Waals surface area contributed by atoms with Crippen LogP contribution in [0.25, 0.3) is 0 Å². The Morgan fingerprint density at radius 3 is 2.95 bits per heavy atom. The van der Waals surface area contributed by atoms with Gasteiger partial charge in [0.15, 0.2) is 0 Å². The molecule has 0 spiro atoms. The van der Waals surface area contributed by atoms with E-state index in [0.29, 0.717) is 11.6 Å². The molecule has 1 amide bonds. The third-order valence-corrected chi connectivity index (χ3v) is 4.10. The van der Waals surface area contributed by atoms with E-state index >= 15 is 0 Å². The highest BCUT2D eigenvalue weighted by molar-refractivity contribution is 5.92. The van der Waals surface area contributed by atoms with E-state index in [2.05, 4.69) is 29.5 Å². The Kier molecular flexibility index (Phi) is 5.39. The van der Waals surface area contributed by atoms with Crippen molar-refractivity contribution in [1.82, 2.24) is 10.3 Å². The number of nitrogens with one attached hydrogen (secondary N) is 2. The Morgan fingerprint density at radius 2 is 2.25 bits per heavy atom. The summed E-state index contributed by atoms with van der Waals surface area (Å²) in [5.41, 5.74) is 0.497. The van der Waals surface area contributed by atoms with Crippen molar-refractivity contribution in [3.8, 4) is 0 Å². The van der Waals surface area contributed by atoms with Crippen molar-refractivity contribution in [3.05, 3.63) is 23.9 Å². The average Bonchev–Trinajstić information content (AvgIpc) is 2.88. The van der Waals surface area contributed by atoms with Crippen LogP contribution in [0.5, 0.6) is 0 Å². The van der Waals surface area contributed by atoms with E-state index in [0.717, 1.165) is 31.2 Å². The molecular weight excluding hydrogens is 250 g/mol. The van der Waals surface area contributed by atoms with E-state index in [4.69, 9.17) is 0 Å². The van der Waals surface area contributed by atoms with Gasteiger partial charge in [-0.05, 0) is 36.8 Å². The molecule has 2 rings (SSSR count). The molecule has 20 heavy (non-hydrogen) atoms. The summed E-state index contributed by atoms with van der Waals surface area (Å²) in [5, 5.41) is 6.23. The zero-order valence-electron chi connectivity index (χ0n) is 12.5. The summed E-state index contributed by atoms with van der Waals surface area (Å²) in [6, 6.07) is 5.54. The quantitative estimate of drug-likeness (QED) is 0.839. The van der Waals surface area contributed by atoms with Gasteiger partial charge in [-0.2, -0.15) is 0 Å². The van der Waals surface area contributed by atoms with Crippen LogP contribution < -0.4 is 10.6 Å². The monoisotopic (exact) mass is 275 g/mol. The normalized spacial score (nSPS) is 21.7. The van der Waals surface area contributed by atoms with E-state index in [-0.39, 0.29) is 5.91 Å². The number of hydrogen-bond donors (Lipinski definition) is 2. The highest BCUT2D eigenvalue weighted by atomic mass is 16.1. The number of nitrogens with zero attached hydrogens (tertiary/aromatic N) is 1. The van der Waals surface area contributed by atoms with E-state index in [1.807, 2.05) is 12.1 Å². The lowest BCUT2D eigenvalue weighted by atomic mass is 9.98. The molecule has 0 saturated heterocycles. The maximum Gasteiger partial charge on any atom is 0.269 e. The van der Waals surface area contributed by atoms with Crippen molar-refractivity contribution in [2.45, 2.75) is 39.5 Å². The average molecular weight is 275 g/mol. The molecule has 1 aliphatic rings. The minimum absolute atomic E-state index is 0.0655. The molecule has 110 valence electrons. The summed E-state index contributed by atoms with van der Waals surface area (Å²) in [6.07, 6.45) is 4.84. The number of anilines is 1. The molecule has 2 atom stereocenters. The number of carbonyl (C=O) groups excluding carboxylic acids is 1. The van der Waals surface area contributed by atoms with Gasteiger partial charge in [0.1, 0.15) is 11.5 Å². The molecule has 0 bridgehead atoms. The van der Waals surface area contributed by atoms with Crippen LogP contribution in [0.15, 0.2) is 18.2 Å². The predicted octanol–water partition coefficient (Wildman–Crippen LogP) is 3.07. The number of rotatable bonds is 6. The zero-order chi connectivity index (χ0) is 14.4. The van der Waals surface area contributed by atoms with Crippen LogP contribution in [0.2, 0.25) is 0 Å². The fourth-order valence-corrected chi connectivity index (χ4v) is 2.75. The van der Waals surface area contributed by atoms with E-state index in [9.17, 15) is 4.79 Å². The Labute approximate surface area is 121 Å². The highest BCUT2D eigenvalue weighted by Crippen LogP contribution is 2.30. The summed E-state index contributed by atoms with van der Waals surface area (Å²) in [4.78, 5) is 16.5. The Hall–Kier alpha value is -1.58. The summed E-state index contributed by atoms with van der Waals surface area (Å²) in [6.45, 7) is 6.02. The fourth-order valence-electron chi connectivity index (χ4n) is 2.75. The molecule has 1 aliphatic carbocycles. The molecule has 4 nitrogen and oxygen atoms in total. The number of carbonyl (C=O) groups is 1. The van der Waals surface area contributed by atoms with E-state index in [1.54, 1.807) is 6.07 Å². The molecule has 4 heteroatoms. The van der Waals surface area contributed by atoms with Gasteiger partial charge in [0.25, 0.3) is 5.91 Å². The largest absolute Gasteiger partial charge is 0.370 e. The summed E-state index contributed by atoms with van der Waals surface area (Å²) < 4.78 is 0. The molecule has 1 aromatic heterocycles. The van der Waals surface area contributed by atoms with Crippen molar-refractivity contribution in [2.24, 2.45) is 11.8 Å². The van der Waals surface area contributed by atoms with Gasteiger partial charge in [0.05, 0.1) is 0 Å². The second-order valence-electron chi connectivity index (χ2n) is 5.71. The number of aromatic nitrogens is 1. The molecule has 2 N–H and O–H groups in total. The van der Waals surface area contributed by atoms with Crippen LogP contribution >= 0.6 is 0 Å². The molecule has 0 aromatic carbocycles. The molecule has 1 fully saturated rings. The van der Waals surface area contributed by atoms with Crippen molar-refractivity contribution < 1.29 is 4.79 Å². The molecular formula is C16H25N3O. The van der Waals surface area contributed by atoms with Crippen molar-refractivity contribution in [3.63, 3.8) is 0 Å². The minimum atomic E-state index is -0.0655. The molecule has 2 unspecified atom stereocenters. The first kappa shape index (κ1) is 14.8. The number of amides is 1. The van der Waals surface area contributed by atoms with Crippen LogP contribution in [0.1, 0.15) is 50.0 Å². The van der Waals surface area contributed by atoms with Gasteiger partial charge < -0.3 is 10.6 Å². The maximum atomic E-state index is 12.1. The lowest BCUT2D eigenvalue weighted by Crippen LogP contribution is -2.30. The summed E-state index contributed by atoms with van der Waals surface area (Å²) >= 11 is 0. The van der Waals surface area contributed by atoms with Crippen LogP contribution in [0.4, 0.5) is 5.82 Å². The first-order valence-electron chi connectivity index (χ1n) is 7.69. The standard InChI is InChI=1S/C16H25N3O/c1-3-10-17-15-9-5-8-14(19-15)16(20)18-11-13-7-4-6-12(13)2/h5,8-9,12-13H,3-4,6-7,10-11H2,1-2H3,(H,17,19)(H,18,20). The number of pyridine rings is 1. The lowest BCUT2D eigenvalue weighted by molar-refractivity contribution is 0.0939. The Bertz CT molecular complexity index is 447.